The van der Waals surface area contributed by atoms with Crippen molar-refractivity contribution in [1.82, 2.24) is 9.88 Å². The lowest BCUT2D eigenvalue weighted by atomic mass is 10.1. The van der Waals surface area contributed by atoms with Crippen molar-refractivity contribution in [1.29, 1.82) is 0 Å². The maximum Gasteiger partial charge on any atom is 0.321 e. The summed E-state index contributed by atoms with van der Waals surface area (Å²) in [6, 6.07) is 17.8. The van der Waals surface area contributed by atoms with Crippen molar-refractivity contribution in [3.63, 3.8) is 0 Å². The number of anilines is 2. The number of carbonyl (C=O) groups is 1. The van der Waals surface area contributed by atoms with E-state index in [1.165, 1.54) is 12.1 Å². The van der Waals surface area contributed by atoms with Crippen molar-refractivity contribution >= 4 is 17.5 Å². The predicted molar refractivity (Wildman–Crippen MR) is 125 cm³/mol. The van der Waals surface area contributed by atoms with Crippen molar-refractivity contribution in [2.75, 3.05) is 37.4 Å². The number of pyridine rings is 1. The number of ether oxygens (including phenoxy) is 1. The summed E-state index contributed by atoms with van der Waals surface area (Å²) in [4.78, 5) is 20.6. The molecule has 1 N–H and O–H groups in total. The van der Waals surface area contributed by atoms with E-state index < -0.39 is 0 Å². The van der Waals surface area contributed by atoms with Crippen LogP contribution in [-0.4, -0.2) is 49.2 Å². The average molecular weight is 435 g/mol. The number of hydrogen-bond donors (Lipinski definition) is 1. The van der Waals surface area contributed by atoms with Crippen molar-refractivity contribution < 1.29 is 13.9 Å². The number of likely N-dealkylation sites (tertiary alicyclic amines) is 1. The molecule has 1 aromatic heterocycles. The standard InChI is InChI=1S/C25H27FN4O2/c1-29(2)24-11-8-19(17-27-24)18-6-9-22(10-7-18)32-23-12-14-30(15-13-23)25(31)28-21-5-3-4-20(26)16-21/h3-11,16-17,23H,12-15H2,1-2H3,(H,28,31). The summed E-state index contributed by atoms with van der Waals surface area (Å²) < 4.78 is 19.4. The molecule has 0 atom stereocenters. The third-order valence-corrected chi connectivity index (χ3v) is 5.50. The molecule has 3 aromatic rings. The van der Waals surface area contributed by atoms with Crippen LogP contribution in [0, 0.1) is 5.82 Å². The van der Waals surface area contributed by atoms with Gasteiger partial charge in [-0.05, 0) is 48.0 Å². The number of hydrogen-bond acceptors (Lipinski definition) is 4. The van der Waals surface area contributed by atoms with Gasteiger partial charge in [-0.15, -0.1) is 0 Å². The minimum Gasteiger partial charge on any atom is -0.490 e. The third-order valence-electron chi connectivity index (χ3n) is 5.50. The SMILES string of the molecule is CN(C)c1ccc(-c2ccc(OC3CCN(C(=O)Nc4cccc(F)c4)CC3)cc2)cn1. The van der Waals surface area contributed by atoms with E-state index in [0.717, 1.165) is 35.5 Å². The Hall–Kier alpha value is -3.61. The molecular formula is C25H27FN4O2. The highest BCUT2D eigenvalue weighted by atomic mass is 19.1. The van der Waals surface area contributed by atoms with Crippen molar-refractivity contribution in [2.45, 2.75) is 18.9 Å². The van der Waals surface area contributed by atoms with E-state index in [1.54, 1.807) is 17.0 Å². The first-order chi connectivity index (χ1) is 15.5. The summed E-state index contributed by atoms with van der Waals surface area (Å²) in [5.74, 6) is 1.36. The molecule has 1 aliphatic heterocycles. The van der Waals surface area contributed by atoms with Gasteiger partial charge in [0, 0.05) is 57.5 Å². The molecule has 32 heavy (non-hydrogen) atoms. The van der Waals surface area contributed by atoms with Gasteiger partial charge in [0.05, 0.1) is 0 Å². The van der Waals surface area contributed by atoms with E-state index in [9.17, 15) is 9.18 Å². The number of nitrogens with one attached hydrogen (secondary N) is 1. The monoisotopic (exact) mass is 434 g/mol. The summed E-state index contributed by atoms with van der Waals surface area (Å²) in [5, 5.41) is 2.75. The van der Waals surface area contributed by atoms with Crippen LogP contribution in [0.5, 0.6) is 5.75 Å². The van der Waals surface area contributed by atoms with Gasteiger partial charge >= 0.3 is 6.03 Å². The molecule has 6 nitrogen and oxygen atoms in total. The van der Waals surface area contributed by atoms with Gasteiger partial charge in [0.15, 0.2) is 0 Å². The maximum atomic E-state index is 13.3. The number of amides is 2. The van der Waals surface area contributed by atoms with Crippen LogP contribution < -0.4 is 15.0 Å². The van der Waals surface area contributed by atoms with Crippen LogP contribution >= 0.6 is 0 Å². The molecule has 1 saturated heterocycles. The van der Waals surface area contributed by atoms with Crippen LogP contribution in [0.1, 0.15) is 12.8 Å². The molecule has 0 aliphatic carbocycles. The zero-order valence-electron chi connectivity index (χ0n) is 18.3. The number of carbonyl (C=O) groups excluding carboxylic acids is 1. The molecule has 2 aromatic carbocycles. The van der Waals surface area contributed by atoms with Crippen LogP contribution in [0.2, 0.25) is 0 Å². The molecule has 0 radical (unpaired) electrons. The van der Waals surface area contributed by atoms with Gasteiger partial charge in [-0.25, -0.2) is 14.2 Å². The van der Waals surface area contributed by atoms with Crippen molar-refractivity contribution in [2.24, 2.45) is 0 Å². The lowest BCUT2D eigenvalue weighted by molar-refractivity contribution is 0.115. The second-order valence-corrected chi connectivity index (χ2v) is 8.07. The minimum atomic E-state index is -0.372. The van der Waals surface area contributed by atoms with E-state index in [2.05, 4.69) is 16.4 Å². The maximum absolute atomic E-state index is 13.3. The Balaban J connectivity index is 1.28. The van der Waals surface area contributed by atoms with Crippen LogP contribution in [0.15, 0.2) is 66.9 Å². The number of urea groups is 1. The Bertz CT molecular complexity index is 1050. The molecule has 0 unspecified atom stereocenters. The Morgan fingerprint density at radius 2 is 1.78 bits per heavy atom. The lowest BCUT2D eigenvalue weighted by Crippen LogP contribution is -2.43. The second-order valence-electron chi connectivity index (χ2n) is 8.07. The number of benzene rings is 2. The van der Waals surface area contributed by atoms with Crippen molar-refractivity contribution in [3.8, 4) is 16.9 Å². The summed E-state index contributed by atoms with van der Waals surface area (Å²) in [6.45, 7) is 1.18. The molecule has 0 saturated carbocycles. The Labute approximate surface area is 187 Å². The van der Waals surface area contributed by atoms with Crippen LogP contribution in [-0.2, 0) is 0 Å². The Morgan fingerprint density at radius 1 is 1.06 bits per heavy atom. The number of halogens is 1. The van der Waals surface area contributed by atoms with E-state index in [1.807, 2.05) is 55.5 Å². The summed E-state index contributed by atoms with van der Waals surface area (Å²) in [6.07, 6.45) is 3.42. The lowest BCUT2D eigenvalue weighted by Gasteiger charge is -2.32. The summed E-state index contributed by atoms with van der Waals surface area (Å²) in [7, 11) is 3.94. The average Bonchev–Trinajstić information content (AvgIpc) is 2.80. The molecule has 4 rings (SSSR count). The Morgan fingerprint density at radius 3 is 2.41 bits per heavy atom. The van der Waals surface area contributed by atoms with Gasteiger partial charge in [-0.1, -0.05) is 18.2 Å². The highest BCUT2D eigenvalue weighted by molar-refractivity contribution is 5.89. The van der Waals surface area contributed by atoms with Crippen LogP contribution in [0.4, 0.5) is 20.7 Å². The first-order valence-electron chi connectivity index (χ1n) is 10.7. The predicted octanol–water partition coefficient (Wildman–Crippen LogP) is 5.03. The number of nitrogens with zero attached hydrogens (tertiary/aromatic N) is 3. The zero-order valence-corrected chi connectivity index (χ0v) is 18.3. The molecular weight excluding hydrogens is 407 g/mol. The summed E-state index contributed by atoms with van der Waals surface area (Å²) >= 11 is 0. The number of rotatable bonds is 5. The minimum absolute atomic E-state index is 0.0557. The van der Waals surface area contributed by atoms with Gasteiger partial charge in [0.25, 0.3) is 0 Å². The normalized spacial score (nSPS) is 14.2. The molecule has 166 valence electrons. The third kappa shape index (κ3) is 5.35. The number of piperidine rings is 1. The van der Waals surface area contributed by atoms with E-state index >= 15 is 0 Å². The topological polar surface area (TPSA) is 57.7 Å². The molecule has 2 amide bonds. The fourth-order valence-corrected chi connectivity index (χ4v) is 3.69. The van der Waals surface area contributed by atoms with E-state index in [4.69, 9.17) is 4.74 Å². The fraction of sp³-hybridized carbons (Fsp3) is 0.280. The molecule has 1 fully saturated rings. The number of aromatic nitrogens is 1. The molecule has 0 bridgehead atoms. The molecule has 1 aliphatic rings. The second kappa shape index (κ2) is 9.68. The first-order valence-corrected chi connectivity index (χ1v) is 10.7. The van der Waals surface area contributed by atoms with E-state index in [0.29, 0.717) is 18.8 Å². The Kier molecular flexibility index (Phi) is 6.54. The quantitative estimate of drug-likeness (QED) is 0.612. The molecule has 0 spiro atoms. The molecule has 7 heteroatoms. The van der Waals surface area contributed by atoms with Gasteiger partial charge in [-0.3, -0.25) is 0 Å². The molecule has 2 heterocycles. The fourth-order valence-electron chi connectivity index (χ4n) is 3.69. The van der Waals surface area contributed by atoms with Crippen LogP contribution in [0.25, 0.3) is 11.1 Å². The van der Waals surface area contributed by atoms with Gasteiger partial charge in [0.2, 0.25) is 0 Å². The van der Waals surface area contributed by atoms with Gasteiger partial charge in [0.1, 0.15) is 23.5 Å². The van der Waals surface area contributed by atoms with Crippen molar-refractivity contribution in [3.05, 3.63) is 72.7 Å². The first kappa shape index (κ1) is 21.6. The largest absolute Gasteiger partial charge is 0.490 e. The van der Waals surface area contributed by atoms with Crippen LogP contribution in [0.3, 0.4) is 0 Å². The zero-order chi connectivity index (χ0) is 22.5. The van der Waals surface area contributed by atoms with Gasteiger partial charge in [-0.2, -0.15) is 0 Å². The smallest absolute Gasteiger partial charge is 0.321 e. The highest BCUT2D eigenvalue weighted by Crippen LogP contribution is 2.25. The van der Waals surface area contributed by atoms with E-state index in [-0.39, 0.29) is 18.0 Å². The summed E-state index contributed by atoms with van der Waals surface area (Å²) in [5.41, 5.74) is 2.60. The van der Waals surface area contributed by atoms with Gasteiger partial charge < -0.3 is 19.9 Å². The highest BCUT2D eigenvalue weighted by Gasteiger charge is 2.24.